The van der Waals surface area contributed by atoms with E-state index in [0.29, 0.717) is 18.4 Å². The van der Waals surface area contributed by atoms with Gasteiger partial charge in [-0.25, -0.2) is 0 Å². The van der Waals surface area contributed by atoms with E-state index in [-0.39, 0.29) is 0 Å². The quantitative estimate of drug-likeness (QED) is 0.432. The molecule has 0 amide bonds. The summed E-state index contributed by atoms with van der Waals surface area (Å²) in [6, 6.07) is 0. The fourth-order valence-corrected chi connectivity index (χ4v) is 2.03. The predicted octanol–water partition coefficient (Wildman–Crippen LogP) is 2.50. The van der Waals surface area contributed by atoms with Gasteiger partial charge in [0.25, 0.3) is 0 Å². The minimum absolute atomic E-state index is 0.460. The van der Waals surface area contributed by atoms with Crippen LogP contribution in [0.4, 0.5) is 0 Å². The van der Waals surface area contributed by atoms with Crippen molar-refractivity contribution in [1.29, 1.82) is 0 Å². The van der Waals surface area contributed by atoms with Crippen molar-refractivity contribution in [2.75, 3.05) is 20.2 Å². The van der Waals surface area contributed by atoms with Crippen LogP contribution in [0, 0.1) is 5.92 Å². The average molecular weight is 257 g/mol. The van der Waals surface area contributed by atoms with Crippen LogP contribution >= 0.6 is 0 Å². The molecule has 0 aromatic heterocycles. The van der Waals surface area contributed by atoms with Crippen LogP contribution in [-0.2, 0) is 9.68 Å². The third kappa shape index (κ3) is 4.96. The third-order valence-corrected chi connectivity index (χ3v) is 2.95. The molecular formula is C13H27N3O2. The lowest BCUT2D eigenvalue weighted by Crippen LogP contribution is -2.33. The molecule has 0 rings (SSSR count). The van der Waals surface area contributed by atoms with Gasteiger partial charge in [0.2, 0.25) is 5.90 Å². The number of rotatable bonds is 7. The van der Waals surface area contributed by atoms with E-state index in [1.165, 1.54) is 11.3 Å². The Kier molecular flexibility index (Phi) is 8.20. The van der Waals surface area contributed by atoms with E-state index in [9.17, 15) is 0 Å². The maximum atomic E-state index is 5.15. The van der Waals surface area contributed by atoms with Gasteiger partial charge in [-0.1, -0.05) is 26.3 Å². The predicted molar refractivity (Wildman–Crippen MR) is 74.8 cm³/mol. The van der Waals surface area contributed by atoms with Crippen molar-refractivity contribution in [3.63, 3.8) is 0 Å². The Morgan fingerprint density at radius 1 is 1.33 bits per heavy atom. The maximum Gasteiger partial charge on any atom is 0.247 e. The highest BCUT2D eigenvalue weighted by Crippen LogP contribution is 2.21. The summed E-state index contributed by atoms with van der Waals surface area (Å²) in [5.41, 5.74) is 2.72. The highest BCUT2D eigenvalue weighted by Gasteiger charge is 2.17. The average Bonchev–Trinajstić information content (AvgIpc) is 2.35. The molecule has 0 aliphatic heterocycles. The molecule has 0 unspecified atom stereocenters. The molecule has 0 bridgehead atoms. The molecule has 0 aliphatic rings. The van der Waals surface area contributed by atoms with Crippen LogP contribution in [0.25, 0.3) is 0 Å². The van der Waals surface area contributed by atoms with E-state index in [1.54, 1.807) is 7.11 Å². The summed E-state index contributed by atoms with van der Waals surface area (Å²) in [4.78, 5) is 6.53. The van der Waals surface area contributed by atoms with Gasteiger partial charge in [-0.3, -0.25) is 4.94 Å². The highest BCUT2D eigenvalue weighted by molar-refractivity contribution is 5.77. The zero-order valence-electron chi connectivity index (χ0n) is 12.5. The first-order chi connectivity index (χ1) is 8.51. The molecule has 0 aromatic carbocycles. The van der Waals surface area contributed by atoms with Crippen LogP contribution in [0.2, 0.25) is 0 Å². The maximum absolute atomic E-state index is 5.15. The first-order valence-electron chi connectivity index (χ1n) is 6.43. The van der Waals surface area contributed by atoms with E-state index in [0.717, 1.165) is 13.0 Å². The van der Waals surface area contributed by atoms with Crippen molar-refractivity contribution in [3.8, 4) is 0 Å². The Hall–Kier alpha value is -1.23. The van der Waals surface area contributed by atoms with Gasteiger partial charge in [0, 0.05) is 12.2 Å². The molecule has 18 heavy (non-hydrogen) atoms. The van der Waals surface area contributed by atoms with Gasteiger partial charge in [0.1, 0.15) is 0 Å². The van der Waals surface area contributed by atoms with Crippen molar-refractivity contribution in [2.45, 2.75) is 41.0 Å². The second-order valence-corrected chi connectivity index (χ2v) is 4.48. The Bertz CT molecular complexity index is 299. The molecule has 106 valence electrons. The number of nitrogens with two attached hydrogens (primary N) is 1. The Morgan fingerprint density at radius 3 is 2.28 bits per heavy atom. The zero-order chi connectivity index (χ0) is 14.1. The minimum Gasteiger partial charge on any atom is -0.481 e. The number of ether oxygens (including phenoxy) is 1. The van der Waals surface area contributed by atoms with E-state index in [1.807, 2.05) is 0 Å². The van der Waals surface area contributed by atoms with Gasteiger partial charge in [-0.05, 0) is 31.3 Å². The minimum atomic E-state index is 0.460. The van der Waals surface area contributed by atoms with Gasteiger partial charge in [-0.2, -0.15) is 0 Å². The number of hydrogen-bond donors (Lipinski definition) is 1. The number of methoxy groups -OCH3 is 1. The SMILES string of the molecule is CC/C(C)=C(/C(C)C)N(CC)C/C(=N\ON)OC. The first-order valence-corrected chi connectivity index (χ1v) is 6.43. The van der Waals surface area contributed by atoms with E-state index >= 15 is 0 Å². The second kappa shape index (κ2) is 8.80. The van der Waals surface area contributed by atoms with Crippen LogP contribution in [0.3, 0.4) is 0 Å². The number of hydrogen-bond acceptors (Lipinski definition) is 5. The first kappa shape index (κ1) is 16.8. The van der Waals surface area contributed by atoms with Crippen LogP contribution in [0.5, 0.6) is 0 Å². The molecule has 0 saturated carbocycles. The van der Waals surface area contributed by atoms with Crippen LogP contribution < -0.4 is 5.90 Å². The molecular weight excluding hydrogens is 230 g/mol. The van der Waals surface area contributed by atoms with Gasteiger partial charge in [0.15, 0.2) is 0 Å². The molecule has 0 spiro atoms. The Morgan fingerprint density at radius 2 is 1.94 bits per heavy atom. The summed E-state index contributed by atoms with van der Waals surface area (Å²) in [6.45, 7) is 12.3. The topological polar surface area (TPSA) is 60.1 Å². The molecule has 0 atom stereocenters. The van der Waals surface area contributed by atoms with Crippen LogP contribution in [0.15, 0.2) is 16.4 Å². The van der Waals surface area contributed by atoms with Crippen molar-refractivity contribution in [1.82, 2.24) is 4.90 Å². The van der Waals surface area contributed by atoms with Crippen LogP contribution in [-0.4, -0.2) is 31.0 Å². The van der Waals surface area contributed by atoms with Gasteiger partial charge >= 0.3 is 0 Å². The fourth-order valence-electron chi connectivity index (χ4n) is 2.03. The lowest BCUT2D eigenvalue weighted by atomic mass is 10.0. The molecule has 0 aromatic rings. The van der Waals surface area contributed by atoms with Gasteiger partial charge in [0.05, 0.1) is 13.7 Å². The van der Waals surface area contributed by atoms with E-state index < -0.39 is 0 Å². The Labute approximate surface area is 111 Å². The molecule has 5 nitrogen and oxygen atoms in total. The number of nitrogens with zero attached hydrogens (tertiary/aromatic N) is 2. The van der Waals surface area contributed by atoms with Crippen molar-refractivity contribution in [2.24, 2.45) is 17.0 Å². The standard InChI is InChI=1S/C13H27N3O2/c1-7-11(5)13(10(3)4)16(8-2)9-12(17-6)15-18-14/h10H,7-9,14H2,1-6H3/b13-11-,15-12+. The summed E-state index contributed by atoms with van der Waals surface area (Å²) >= 11 is 0. The summed E-state index contributed by atoms with van der Waals surface area (Å²) < 4.78 is 5.15. The third-order valence-electron chi connectivity index (χ3n) is 2.95. The normalized spacial score (nSPS) is 13.4. The second-order valence-electron chi connectivity index (χ2n) is 4.48. The fraction of sp³-hybridized carbons (Fsp3) is 0.769. The lowest BCUT2D eigenvalue weighted by molar-refractivity contribution is 0.136. The summed E-state index contributed by atoms with van der Waals surface area (Å²) in [5.74, 6) is 5.88. The largest absolute Gasteiger partial charge is 0.481 e. The molecule has 0 radical (unpaired) electrons. The molecule has 0 saturated heterocycles. The summed E-state index contributed by atoms with van der Waals surface area (Å²) in [7, 11) is 1.57. The summed E-state index contributed by atoms with van der Waals surface area (Å²) in [5, 5.41) is 3.67. The highest BCUT2D eigenvalue weighted by atomic mass is 16.8. The lowest BCUT2D eigenvalue weighted by Gasteiger charge is -2.30. The molecule has 5 heteroatoms. The van der Waals surface area contributed by atoms with Crippen LogP contribution in [0.1, 0.15) is 41.0 Å². The van der Waals surface area contributed by atoms with E-state index in [2.05, 4.69) is 49.6 Å². The van der Waals surface area contributed by atoms with Gasteiger partial charge < -0.3 is 9.64 Å². The monoisotopic (exact) mass is 257 g/mol. The molecule has 0 aliphatic carbocycles. The van der Waals surface area contributed by atoms with Gasteiger partial charge in [-0.15, -0.1) is 5.90 Å². The van der Waals surface area contributed by atoms with Crippen molar-refractivity contribution < 1.29 is 9.68 Å². The molecule has 2 N–H and O–H groups in total. The van der Waals surface area contributed by atoms with Crippen molar-refractivity contribution >= 4 is 5.90 Å². The number of oxime groups is 1. The molecule has 0 fully saturated rings. The zero-order valence-corrected chi connectivity index (χ0v) is 12.5. The van der Waals surface area contributed by atoms with Crippen molar-refractivity contribution in [3.05, 3.63) is 11.3 Å². The summed E-state index contributed by atoms with van der Waals surface area (Å²) in [6.07, 6.45) is 1.04. The smallest absolute Gasteiger partial charge is 0.247 e. The Balaban J connectivity index is 5.10. The van der Waals surface area contributed by atoms with E-state index in [4.69, 9.17) is 10.6 Å². The number of allylic oxidation sites excluding steroid dienone is 2. The molecule has 0 heterocycles. The number of likely N-dealkylation sites (N-methyl/N-ethyl adjacent to an activating group) is 1.